The summed E-state index contributed by atoms with van der Waals surface area (Å²) in [4.78, 5) is 11.7. The first-order valence-electron chi connectivity index (χ1n) is 5.65. The summed E-state index contributed by atoms with van der Waals surface area (Å²) in [5, 5.41) is 0. The lowest BCUT2D eigenvalue weighted by Crippen LogP contribution is -2.08. The molecule has 5 nitrogen and oxygen atoms in total. The molecule has 1 aliphatic rings. The molecule has 0 atom stereocenters. The minimum Gasteiger partial charge on any atom is -0.465 e. The van der Waals surface area contributed by atoms with Gasteiger partial charge in [0.1, 0.15) is 5.56 Å². The van der Waals surface area contributed by atoms with E-state index in [2.05, 4.69) is 0 Å². The fourth-order valence-corrected chi connectivity index (χ4v) is 1.91. The van der Waals surface area contributed by atoms with Crippen molar-refractivity contribution in [1.82, 2.24) is 0 Å². The lowest BCUT2D eigenvalue weighted by atomic mass is 10.1. The minimum absolute atomic E-state index is 0.243. The van der Waals surface area contributed by atoms with Gasteiger partial charge in [-0.25, -0.2) is 4.79 Å². The van der Waals surface area contributed by atoms with Crippen LogP contribution in [-0.2, 0) is 4.74 Å². The minimum atomic E-state index is -0.522. The number of nitrogens with two attached hydrogens (primary N) is 1. The summed E-state index contributed by atoms with van der Waals surface area (Å²) in [5.41, 5.74) is 6.40. The van der Waals surface area contributed by atoms with Gasteiger partial charge < -0.3 is 19.9 Å². The number of esters is 1. The van der Waals surface area contributed by atoms with Crippen LogP contribution < -0.4 is 15.2 Å². The fraction of sp³-hybridized carbons (Fsp3) is 0.0714. The van der Waals surface area contributed by atoms with Crippen molar-refractivity contribution in [3.8, 4) is 23.0 Å². The van der Waals surface area contributed by atoms with E-state index in [0.717, 1.165) is 0 Å². The van der Waals surface area contributed by atoms with Gasteiger partial charge in [0.05, 0.1) is 7.11 Å². The maximum atomic E-state index is 11.7. The Kier molecular flexibility index (Phi) is 2.52. The summed E-state index contributed by atoms with van der Waals surface area (Å²) >= 11 is 0. The third-order valence-electron chi connectivity index (χ3n) is 2.76. The van der Waals surface area contributed by atoms with Crippen molar-refractivity contribution >= 4 is 11.7 Å². The number of fused-ring (bicyclic) bond motifs is 2. The molecule has 0 fully saturated rings. The Morgan fingerprint density at radius 3 is 2.47 bits per heavy atom. The van der Waals surface area contributed by atoms with E-state index in [-0.39, 0.29) is 5.56 Å². The Balaban J connectivity index is 2.14. The summed E-state index contributed by atoms with van der Waals surface area (Å²) in [6, 6.07) is 10.3. The highest BCUT2D eigenvalue weighted by Gasteiger charge is 2.25. The maximum absolute atomic E-state index is 11.7. The zero-order valence-corrected chi connectivity index (χ0v) is 10.2. The third-order valence-corrected chi connectivity index (χ3v) is 2.76. The Labute approximate surface area is 109 Å². The van der Waals surface area contributed by atoms with E-state index < -0.39 is 5.97 Å². The number of carbonyl (C=O) groups excluding carboxylic acids is 1. The van der Waals surface area contributed by atoms with Crippen LogP contribution in [0.4, 0.5) is 5.69 Å². The Bertz CT molecular complexity index is 666. The second kappa shape index (κ2) is 4.20. The smallest absolute Gasteiger partial charge is 0.341 e. The van der Waals surface area contributed by atoms with Crippen LogP contribution in [0.5, 0.6) is 23.0 Å². The molecule has 2 aromatic carbocycles. The highest BCUT2D eigenvalue weighted by Crippen LogP contribution is 2.47. The first kappa shape index (κ1) is 11.4. The molecule has 0 amide bonds. The van der Waals surface area contributed by atoms with Gasteiger partial charge in [0.25, 0.3) is 0 Å². The summed E-state index contributed by atoms with van der Waals surface area (Å²) < 4.78 is 16.1. The van der Waals surface area contributed by atoms with Crippen molar-refractivity contribution in [2.24, 2.45) is 0 Å². The average Bonchev–Trinajstić information content (AvgIpc) is 2.43. The monoisotopic (exact) mass is 257 g/mol. The number of methoxy groups -OCH3 is 1. The van der Waals surface area contributed by atoms with Crippen molar-refractivity contribution in [2.75, 3.05) is 12.8 Å². The SMILES string of the molecule is COC(=O)c1cc(N)cc2c1Oc1ccccc1O2. The van der Waals surface area contributed by atoms with E-state index in [0.29, 0.717) is 28.7 Å². The van der Waals surface area contributed by atoms with Crippen molar-refractivity contribution < 1.29 is 19.0 Å². The predicted molar refractivity (Wildman–Crippen MR) is 68.8 cm³/mol. The van der Waals surface area contributed by atoms with Gasteiger partial charge in [0.15, 0.2) is 23.0 Å². The molecule has 0 aromatic heterocycles. The molecule has 0 saturated carbocycles. The number of nitrogen functional groups attached to an aromatic ring is 1. The van der Waals surface area contributed by atoms with Gasteiger partial charge in [-0.3, -0.25) is 0 Å². The molecule has 1 aliphatic heterocycles. The topological polar surface area (TPSA) is 70.8 Å². The quantitative estimate of drug-likeness (QED) is 0.536. The van der Waals surface area contributed by atoms with Crippen LogP contribution in [0.25, 0.3) is 0 Å². The van der Waals surface area contributed by atoms with Crippen molar-refractivity contribution in [3.63, 3.8) is 0 Å². The molecule has 0 spiro atoms. The number of ether oxygens (including phenoxy) is 3. The zero-order chi connectivity index (χ0) is 13.4. The molecule has 0 bridgehead atoms. The first-order chi connectivity index (χ1) is 9.19. The van der Waals surface area contributed by atoms with Crippen LogP contribution in [0.1, 0.15) is 10.4 Å². The highest BCUT2D eigenvalue weighted by atomic mass is 16.6. The molecule has 3 rings (SSSR count). The summed E-state index contributed by atoms with van der Waals surface area (Å²) in [5.74, 6) is 1.33. The lowest BCUT2D eigenvalue weighted by Gasteiger charge is -2.22. The third kappa shape index (κ3) is 1.85. The van der Waals surface area contributed by atoms with E-state index in [1.54, 1.807) is 18.2 Å². The molecule has 19 heavy (non-hydrogen) atoms. The van der Waals surface area contributed by atoms with Gasteiger partial charge in [-0.05, 0) is 18.2 Å². The average molecular weight is 257 g/mol. The van der Waals surface area contributed by atoms with Gasteiger partial charge in [-0.2, -0.15) is 0 Å². The lowest BCUT2D eigenvalue weighted by molar-refractivity contribution is 0.0597. The number of carbonyl (C=O) groups is 1. The summed E-state index contributed by atoms with van der Waals surface area (Å²) in [6.07, 6.45) is 0. The Morgan fingerprint density at radius 1 is 1.11 bits per heavy atom. The van der Waals surface area contributed by atoms with Crippen LogP contribution in [-0.4, -0.2) is 13.1 Å². The molecule has 0 radical (unpaired) electrons. The van der Waals surface area contributed by atoms with Crippen molar-refractivity contribution in [1.29, 1.82) is 0 Å². The number of hydrogen-bond acceptors (Lipinski definition) is 5. The van der Waals surface area contributed by atoms with Gasteiger partial charge in [-0.15, -0.1) is 0 Å². The molecule has 2 N–H and O–H groups in total. The molecule has 0 saturated heterocycles. The van der Waals surface area contributed by atoms with Gasteiger partial charge >= 0.3 is 5.97 Å². The number of rotatable bonds is 1. The van der Waals surface area contributed by atoms with E-state index >= 15 is 0 Å². The molecule has 96 valence electrons. The van der Waals surface area contributed by atoms with Crippen LogP contribution in [0, 0.1) is 0 Å². The van der Waals surface area contributed by atoms with E-state index in [9.17, 15) is 4.79 Å². The van der Waals surface area contributed by atoms with Gasteiger partial charge in [0, 0.05) is 11.8 Å². The summed E-state index contributed by atoms with van der Waals surface area (Å²) in [6.45, 7) is 0. The molecule has 0 aliphatic carbocycles. The molecular formula is C14H11NO4. The van der Waals surface area contributed by atoms with Crippen LogP contribution in [0.3, 0.4) is 0 Å². The first-order valence-corrected chi connectivity index (χ1v) is 5.65. The zero-order valence-electron chi connectivity index (χ0n) is 10.2. The standard InChI is InChI=1S/C14H11NO4/c1-17-14(16)9-6-8(15)7-12-13(9)19-11-5-3-2-4-10(11)18-12/h2-7H,15H2,1H3. The van der Waals surface area contributed by atoms with E-state index in [4.69, 9.17) is 19.9 Å². The molecular weight excluding hydrogens is 246 g/mol. The van der Waals surface area contributed by atoms with Crippen LogP contribution in [0.2, 0.25) is 0 Å². The Morgan fingerprint density at radius 2 is 1.79 bits per heavy atom. The maximum Gasteiger partial charge on any atom is 0.341 e. The number of anilines is 1. The number of hydrogen-bond donors (Lipinski definition) is 1. The second-order valence-electron chi connectivity index (χ2n) is 4.04. The summed E-state index contributed by atoms with van der Waals surface area (Å²) in [7, 11) is 1.30. The van der Waals surface area contributed by atoms with Crippen molar-refractivity contribution in [2.45, 2.75) is 0 Å². The van der Waals surface area contributed by atoms with Crippen molar-refractivity contribution in [3.05, 3.63) is 42.0 Å². The second-order valence-corrected chi connectivity index (χ2v) is 4.04. The number of benzene rings is 2. The fourth-order valence-electron chi connectivity index (χ4n) is 1.91. The molecule has 1 heterocycles. The number of para-hydroxylation sites is 2. The molecule has 0 unspecified atom stereocenters. The normalized spacial score (nSPS) is 11.6. The Hall–Kier alpha value is -2.69. The van der Waals surface area contributed by atoms with E-state index in [1.165, 1.54) is 13.2 Å². The predicted octanol–water partition coefficient (Wildman–Crippen LogP) is 2.95. The van der Waals surface area contributed by atoms with Gasteiger partial charge in [0.2, 0.25) is 0 Å². The van der Waals surface area contributed by atoms with Crippen LogP contribution >= 0.6 is 0 Å². The van der Waals surface area contributed by atoms with Crippen LogP contribution in [0.15, 0.2) is 36.4 Å². The molecule has 2 aromatic rings. The highest BCUT2D eigenvalue weighted by molar-refractivity contribution is 5.95. The van der Waals surface area contributed by atoms with E-state index in [1.807, 2.05) is 12.1 Å². The largest absolute Gasteiger partial charge is 0.465 e. The molecule has 5 heteroatoms. The van der Waals surface area contributed by atoms with Gasteiger partial charge in [-0.1, -0.05) is 12.1 Å².